The average molecular weight is 486 g/mol. The number of anilines is 2. The maximum Gasteiger partial charge on any atom is 0.243 e. The summed E-state index contributed by atoms with van der Waals surface area (Å²) in [6.07, 6.45) is 0. The van der Waals surface area contributed by atoms with Crippen molar-refractivity contribution in [3.05, 3.63) is 78.6 Å². The molecule has 1 saturated heterocycles. The maximum atomic E-state index is 13.3. The lowest BCUT2D eigenvalue weighted by atomic mass is 10.2. The molecule has 1 aliphatic heterocycles. The molecule has 1 aliphatic rings. The average Bonchev–Trinajstić information content (AvgIpc) is 2.86. The van der Waals surface area contributed by atoms with Crippen LogP contribution in [0.4, 0.5) is 15.8 Å². The van der Waals surface area contributed by atoms with E-state index in [-0.39, 0.29) is 30.4 Å². The molecule has 0 saturated carbocycles. The number of ether oxygens (including phenoxy) is 2. The number of hydrogen-bond acceptors (Lipinski definition) is 6. The van der Waals surface area contributed by atoms with Crippen molar-refractivity contribution in [1.82, 2.24) is 4.31 Å². The van der Waals surface area contributed by atoms with Crippen molar-refractivity contribution in [2.24, 2.45) is 0 Å². The van der Waals surface area contributed by atoms with E-state index in [4.69, 9.17) is 9.47 Å². The molecule has 4 rings (SSSR count). The van der Waals surface area contributed by atoms with Gasteiger partial charge in [-0.15, -0.1) is 0 Å². The Morgan fingerprint density at radius 3 is 2.41 bits per heavy atom. The maximum absolute atomic E-state index is 13.3. The van der Waals surface area contributed by atoms with Gasteiger partial charge in [-0.1, -0.05) is 18.2 Å². The Balaban J connectivity index is 1.57. The molecule has 0 unspecified atom stereocenters. The van der Waals surface area contributed by atoms with E-state index in [9.17, 15) is 17.6 Å². The van der Waals surface area contributed by atoms with Crippen LogP contribution in [0.5, 0.6) is 11.5 Å². The van der Waals surface area contributed by atoms with E-state index in [2.05, 4.69) is 10.6 Å². The molecule has 1 heterocycles. The highest BCUT2D eigenvalue weighted by atomic mass is 32.2. The lowest BCUT2D eigenvalue weighted by molar-refractivity contribution is -0.114. The number of para-hydroxylation sites is 1. The fraction of sp³-hybridized carbons (Fsp3) is 0.208. The van der Waals surface area contributed by atoms with Crippen LogP contribution in [0.1, 0.15) is 0 Å². The second kappa shape index (κ2) is 10.6. The van der Waals surface area contributed by atoms with Gasteiger partial charge in [0.25, 0.3) is 0 Å². The Kier molecular flexibility index (Phi) is 7.41. The highest BCUT2D eigenvalue weighted by Crippen LogP contribution is 2.33. The molecular weight excluding hydrogens is 461 g/mol. The van der Waals surface area contributed by atoms with Gasteiger partial charge in [-0.25, -0.2) is 12.8 Å². The number of benzene rings is 3. The summed E-state index contributed by atoms with van der Waals surface area (Å²) >= 11 is 0. The molecule has 1 fully saturated rings. The first-order valence-electron chi connectivity index (χ1n) is 10.7. The first kappa shape index (κ1) is 23.7. The van der Waals surface area contributed by atoms with E-state index in [1.165, 1.54) is 46.8 Å². The van der Waals surface area contributed by atoms with E-state index in [1.807, 2.05) is 6.07 Å². The van der Waals surface area contributed by atoms with Gasteiger partial charge in [0.05, 0.1) is 30.3 Å². The van der Waals surface area contributed by atoms with Crippen LogP contribution in [-0.2, 0) is 19.6 Å². The van der Waals surface area contributed by atoms with Crippen molar-refractivity contribution in [1.29, 1.82) is 0 Å². The molecule has 10 heteroatoms. The van der Waals surface area contributed by atoms with Crippen molar-refractivity contribution in [2.45, 2.75) is 4.90 Å². The lowest BCUT2D eigenvalue weighted by Crippen LogP contribution is -2.40. The van der Waals surface area contributed by atoms with Crippen molar-refractivity contribution in [3.63, 3.8) is 0 Å². The second-order valence-corrected chi connectivity index (χ2v) is 9.44. The third-order valence-corrected chi connectivity index (χ3v) is 6.99. The van der Waals surface area contributed by atoms with Crippen molar-refractivity contribution in [2.75, 3.05) is 43.5 Å². The highest BCUT2D eigenvalue weighted by Gasteiger charge is 2.27. The number of carbonyl (C=O) groups excluding carboxylic acids is 1. The van der Waals surface area contributed by atoms with Crippen LogP contribution in [0.3, 0.4) is 0 Å². The number of carbonyl (C=O) groups is 1. The first-order valence-corrected chi connectivity index (χ1v) is 12.1. The van der Waals surface area contributed by atoms with Crippen LogP contribution >= 0.6 is 0 Å². The summed E-state index contributed by atoms with van der Waals surface area (Å²) in [4.78, 5) is 12.5. The first-order chi connectivity index (χ1) is 16.4. The third-order valence-electron chi connectivity index (χ3n) is 5.10. The number of morpholine rings is 1. The van der Waals surface area contributed by atoms with Crippen LogP contribution < -0.4 is 15.4 Å². The fourth-order valence-corrected chi connectivity index (χ4v) is 4.80. The van der Waals surface area contributed by atoms with Crippen LogP contribution in [0, 0.1) is 5.82 Å². The Bertz CT molecular complexity index is 1230. The zero-order valence-corrected chi connectivity index (χ0v) is 19.1. The summed E-state index contributed by atoms with van der Waals surface area (Å²) in [5.74, 6) is -0.0716. The van der Waals surface area contributed by atoms with Gasteiger partial charge in [0.15, 0.2) is 5.75 Å². The molecule has 1 amide bonds. The molecule has 8 nitrogen and oxygen atoms in total. The molecule has 0 bridgehead atoms. The summed E-state index contributed by atoms with van der Waals surface area (Å²) in [7, 11) is -3.76. The van der Waals surface area contributed by atoms with Crippen LogP contribution in [0.25, 0.3) is 0 Å². The van der Waals surface area contributed by atoms with E-state index in [0.717, 1.165) is 0 Å². The molecular formula is C24H24FN3O5S. The Hall–Kier alpha value is -3.47. The topological polar surface area (TPSA) is 97.0 Å². The molecule has 0 aromatic heterocycles. The fourth-order valence-electron chi connectivity index (χ4n) is 3.36. The van der Waals surface area contributed by atoms with E-state index in [1.54, 1.807) is 24.3 Å². The van der Waals surface area contributed by atoms with Gasteiger partial charge in [0.1, 0.15) is 11.6 Å². The number of halogens is 1. The standard InChI is InChI=1S/C24H24FN3O5S/c25-18-6-8-20(9-7-18)33-23-11-10-21(34(30,31)28-12-14-32-15-13-28)16-22(23)26-17-24(29)27-19-4-2-1-3-5-19/h1-11,16,26H,12-15,17H2,(H,27,29). The number of sulfonamides is 1. The minimum absolute atomic E-state index is 0.0619. The Morgan fingerprint density at radius 1 is 1.00 bits per heavy atom. The predicted octanol–water partition coefficient (Wildman–Crippen LogP) is 3.69. The predicted molar refractivity (Wildman–Crippen MR) is 126 cm³/mol. The van der Waals surface area contributed by atoms with Crippen molar-refractivity contribution < 1.29 is 27.1 Å². The summed E-state index contributed by atoms with van der Waals surface area (Å²) in [5, 5.41) is 5.72. The van der Waals surface area contributed by atoms with E-state index in [0.29, 0.717) is 36.1 Å². The van der Waals surface area contributed by atoms with Crippen molar-refractivity contribution >= 4 is 27.3 Å². The number of amides is 1. The number of nitrogens with zero attached hydrogens (tertiary/aromatic N) is 1. The highest BCUT2D eigenvalue weighted by molar-refractivity contribution is 7.89. The monoisotopic (exact) mass is 485 g/mol. The van der Waals surface area contributed by atoms with Crippen LogP contribution in [-0.4, -0.2) is 51.5 Å². The summed E-state index contributed by atoms with van der Waals surface area (Å²) < 4.78 is 51.9. The van der Waals surface area contributed by atoms with E-state index >= 15 is 0 Å². The molecule has 0 spiro atoms. The van der Waals surface area contributed by atoms with Gasteiger partial charge in [0, 0.05) is 18.8 Å². The number of hydrogen-bond donors (Lipinski definition) is 2. The Morgan fingerprint density at radius 2 is 1.71 bits per heavy atom. The Labute approximate surface area is 197 Å². The smallest absolute Gasteiger partial charge is 0.243 e. The van der Waals surface area contributed by atoms with Crippen molar-refractivity contribution in [3.8, 4) is 11.5 Å². The lowest BCUT2D eigenvalue weighted by Gasteiger charge is -2.26. The second-order valence-electron chi connectivity index (χ2n) is 7.50. The van der Waals surface area contributed by atoms with Crippen LogP contribution in [0.15, 0.2) is 77.7 Å². The number of rotatable bonds is 8. The van der Waals surface area contributed by atoms with Gasteiger partial charge >= 0.3 is 0 Å². The molecule has 0 atom stereocenters. The third kappa shape index (κ3) is 5.90. The molecule has 0 radical (unpaired) electrons. The van der Waals surface area contributed by atoms with Gasteiger partial charge in [0.2, 0.25) is 15.9 Å². The van der Waals surface area contributed by atoms with Gasteiger partial charge in [-0.3, -0.25) is 4.79 Å². The molecule has 3 aromatic rings. The minimum Gasteiger partial charge on any atom is -0.455 e. The quantitative estimate of drug-likeness (QED) is 0.505. The normalized spacial score (nSPS) is 14.4. The van der Waals surface area contributed by atoms with Gasteiger partial charge in [-0.05, 0) is 54.6 Å². The minimum atomic E-state index is -3.76. The SMILES string of the molecule is O=C(CNc1cc(S(=O)(=O)N2CCOCC2)ccc1Oc1ccc(F)cc1)Nc1ccccc1. The summed E-state index contributed by atoms with van der Waals surface area (Å²) in [6, 6.07) is 18.8. The molecule has 0 aliphatic carbocycles. The van der Waals surface area contributed by atoms with Gasteiger partial charge < -0.3 is 20.1 Å². The molecule has 3 aromatic carbocycles. The zero-order chi connectivity index (χ0) is 24.0. The molecule has 178 valence electrons. The van der Waals surface area contributed by atoms with Gasteiger partial charge in [-0.2, -0.15) is 4.31 Å². The number of nitrogens with one attached hydrogen (secondary N) is 2. The summed E-state index contributed by atoms with van der Waals surface area (Å²) in [6.45, 7) is 1.05. The molecule has 2 N–H and O–H groups in total. The zero-order valence-electron chi connectivity index (χ0n) is 18.2. The van der Waals surface area contributed by atoms with Crippen LogP contribution in [0.2, 0.25) is 0 Å². The largest absolute Gasteiger partial charge is 0.455 e. The molecule has 34 heavy (non-hydrogen) atoms. The summed E-state index contributed by atoms with van der Waals surface area (Å²) in [5.41, 5.74) is 0.947. The van der Waals surface area contributed by atoms with E-state index < -0.39 is 15.8 Å².